The van der Waals surface area contributed by atoms with Crippen LogP contribution in [0, 0.1) is 12.3 Å². The van der Waals surface area contributed by atoms with E-state index in [-0.39, 0.29) is 77.9 Å². The van der Waals surface area contributed by atoms with Gasteiger partial charge in [0.25, 0.3) is 17.7 Å². The number of rotatable bonds is 23. The number of nitrogens with one attached hydrogen (secondary N) is 4. The van der Waals surface area contributed by atoms with Crippen molar-refractivity contribution in [2.45, 2.75) is 142 Å². The van der Waals surface area contributed by atoms with E-state index in [2.05, 4.69) is 31.4 Å². The molecule has 3 heterocycles. The molecule has 3 aromatic carbocycles. The number of benzene rings is 3. The number of fused-ring (bicyclic) bond motifs is 1. The van der Waals surface area contributed by atoms with E-state index in [4.69, 9.17) is 4.52 Å². The van der Waals surface area contributed by atoms with Crippen molar-refractivity contribution in [1.29, 1.82) is 0 Å². The molecule has 2 aliphatic rings. The Balaban J connectivity index is 0.751. The van der Waals surface area contributed by atoms with Crippen LogP contribution in [0.1, 0.15) is 157 Å². The number of amides is 6. The summed E-state index contributed by atoms with van der Waals surface area (Å²) in [5, 5.41) is 37.0. The van der Waals surface area contributed by atoms with Gasteiger partial charge in [0.05, 0.1) is 33.8 Å². The van der Waals surface area contributed by atoms with Gasteiger partial charge in [-0.25, -0.2) is 4.98 Å². The van der Waals surface area contributed by atoms with Gasteiger partial charge in [-0.05, 0) is 84.5 Å². The molecule has 0 saturated carbocycles. The number of carbonyl (C=O) groups excluding carboxylic acids is 6. The number of aliphatic hydroxyl groups is 1. The molecule has 0 radical (unpaired) electrons. The van der Waals surface area contributed by atoms with Crippen molar-refractivity contribution in [2.24, 2.45) is 5.41 Å². The lowest BCUT2D eigenvalue weighted by atomic mass is 9.85. The number of aromatic hydroxyl groups is 1. The van der Waals surface area contributed by atoms with E-state index >= 15 is 0 Å². The number of phenolic OH excluding ortho intramolecular Hbond substituents is 1. The molecule has 0 unspecified atom stereocenters. The van der Waals surface area contributed by atoms with Crippen LogP contribution in [0.15, 0.2) is 76.8 Å². The fraction of sp³-hybridized carbons (Fsp3) is 0.474. The maximum atomic E-state index is 14.0. The molecule has 4 atom stereocenters. The highest BCUT2D eigenvalue weighted by Gasteiger charge is 2.44. The van der Waals surface area contributed by atoms with E-state index in [1.165, 1.54) is 28.0 Å². The molecule has 1 aliphatic heterocycles. The first kappa shape index (κ1) is 55.8. The van der Waals surface area contributed by atoms with Crippen LogP contribution in [0.2, 0.25) is 0 Å². The molecule has 17 nitrogen and oxygen atoms in total. The SMILES string of the molecule is Cc1ncsc1-c1ccc(CNC(=O)[C@@H]2C[C@@H](O)CN2C(=O)[C@@H](NC(=O)CCCCCCCCCCCNC(=O)c2ccc3c(c2)[C@H](NC(=O)c2cc(-c4ccc(C(=O)N(C)C)c(O)c4)on2)CC3)C(C)(C)C)cc1. The number of thiazole rings is 1. The van der Waals surface area contributed by atoms with E-state index in [1.807, 2.05) is 75.7 Å². The van der Waals surface area contributed by atoms with Crippen LogP contribution in [0.5, 0.6) is 5.75 Å². The summed E-state index contributed by atoms with van der Waals surface area (Å²) >= 11 is 1.58. The van der Waals surface area contributed by atoms with Crippen LogP contribution in [-0.2, 0) is 27.3 Å². The van der Waals surface area contributed by atoms with E-state index in [0.717, 1.165) is 90.6 Å². The fourth-order valence-electron chi connectivity index (χ4n) is 9.72. The normalized spacial score (nSPS) is 16.5. The van der Waals surface area contributed by atoms with Gasteiger partial charge in [0, 0.05) is 63.8 Å². The van der Waals surface area contributed by atoms with Gasteiger partial charge in [0.2, 0.25) is 17.7 Å². The Morgan fingerprint density at radius 2 is 1.55 bits per heavy atom. The number of unbranched alkanes of at least 4 members (excludes halogenated alkanes) is 8. The maximum absolute atomic E-state index is 14.0. The minimum absolute atomic E-state index is 0.0217. The average molecular weight is 1050 g/mol. The number of nitrogens with zero attached hydrogens (tertiary/aromatic N) is 4. The van der Waals surface area contributed by atoms with E-state index in [0.29, 0.717) is 36.9 Å². The van der Waals surface area contributed by atoms with Gasteiger partial charge in [-0.15, -0.1) is 11.3 Å². The lowest BCUT2D eigenvalue weighted by Crippen LogP contribution is -2.57. The molecule has 1 fully saturated rings. The topological polar surface area (TPSA) is 236 Å². The molecule has 5 aromatic rings. The summed E-state index contributed by atoms with van der Waals surface area (Å²) in [6, 6.07) is 17.5. The second-order valence-corrected chi connectivity index (χ2v) is 22.0. The number of phenols is 1. The van der Waals surface area contributed by atoms with Gasteiger partial charge in [0.1, 0.15) is 17.8 Å². The fourth-order valence-corrected chi connectivity index (χ4v) is 10.5. The Bertz CT molecular complexity index is 2820. The van der Waals surface area contributed by atoms with Crippen molar-refractivity contribution in [3.8, 4) is 27.5 Å². The van der Waals surface area contributed by atoms with Gasteiger partial charge in [-0.1, -0.05) is 107 Å². The number of β-amino-alcohol motifs (C(OH)–C–C–N with tert-alkyl or cyclic N) is 1. The number of aryl methyl sites for hydroxylation is 2. The molecule has 7 rings (SSSR count). The molecule has 1 saturated heterocycles. The summed E-state index contributed by atoms with van der Waals surface area (Å²) in [5.41, 5.74) is 7.29. The second-order valence-electron chi connectivity index (χ2n) is 21.1. The van der Waals surface area contributed by atoms with Crippen LogP contribution in [0.4, 0.5) is 0 Å². The van der Waals surface area contributed by atoms with Crippen LogP contribution in [-0.4, -0.2) is 111 Å². The van der Waals surface area contributed by atoms with Gasteiger partial charge >= 0.3 is 0 Å². The maximum Gasteiger partial charge on any atom is 0.273 e. The summed E-state index contributed by atoms with van der Waals surface area (Å²) in [4.78, 5) is 87.6. The average Bonchev–Trinajstić information content (AvgIpc) is 4.22. The smallest absolute Gasteiger partial charge is 0.273 e. The Kier molecular flexibility index (Phi) is 19.0. The van der Waals surface area contributed by atoms with Crippen molar-refractivity contribution < 1.29 is 43.5 Å². The summed E-state index contributed by atoms with van der Waals surface area (Å²) in [6.45, 7) is 8.48. The third-order valence-corrected chi connectivity index (χ3v) is 15.0. The zero-order valence-corrected chi connectivity index (χ0v) is 44.8. The first-order valence-corrected chi connectivity index (χ1v) is 27.0. The number of likely N-dealkylation sites (tertiary alicyclic amines) is 1. The van der Waals surface area contributed by atoms with Crippen molar-refractivity contribution in [2.75, 3.05) is 27.2 Å². The molecule has 18 heteroatoms. The highest BCUT2D eigenvalue weighted by molar-refractivity contribution is 7.13. The predicted octanol–water partition coefficient (Wildman–Crippen LogP) is 8.04. The second kappa shape index (κ2) is 25.5. The van der Waals surface area contributed by atoms with E-state index < -0.39 is 29.5 Å². The quantitative estimate of drug-likeness (QED) is 0.0343. The minimum Gasteiger partial charge on any atom is -0.507 e. The summed E-state index contributed by atoms with van der Waals surface area (Å²) in [7, 11) is 3.19. The van der Waals surface area contributed by atoms with Crippen molar-refractivity contribution in [3.63, 3.8) is 0 Å². The van der Waals surface area contributed by atoms with Gasteiger partial charge < -0.3 is 45.8 Å². The third kappa shape index (κ3) is 14.7. The number of aliphatic hydroxyl groups excluding tert-OH is 1. The van der Waals surface area contributed by atoms with Gasteiger partial charge in [-0.3, -0.25) is 28.8 Å². The molecule has 400 valence electrons. The summed E-state index contributed by atoms with van der Waals surface area (Å²) in [5.74, 6) is -1.81. The molecule has 2 aromatic heterocycles. The largest absolute Gasteiger partial charge is 0.507 e. The molecule has 6 amide bonds. The molecular formula is C57H72N8O9S. The van der Waals surface area contributed by atoms with Crippen LogP contribution < -0.4 is 21.3 Å². The molecule has 1 aliphatic carbocycles. The molecular weight excluding hydrogens is 973 g/mol. The van der Waals surface area contributed by atoms with Gasteiger partial charge in [0.15, 0.2) is 11.5 Å². The Morgan fingerprint density at radius 3 is 2.21 bits per heavy atom. The molecule has 6 N–H and O–H groups in total. The van der Waals surface area contributed by atoms with Crippen LogP contribution in [0.3, 0.4) is 0 Å². The standard InChI is InChI=1S/C57H72N8O9S/c1-35-50(75-34-60-35)38-19-17-36(18-20-38)32-59-54(71)46-30-41(66)33-65(46)56(73)51(57(2,3)4)62-49(68)16-14-12-10-8-7-9-11-13-15-27-58-52(69)40-22-21-37-24-26-44(43(37)28-40)61-53(70)45-31-48(74-63-45)39-23-25-42(47(67)29-39)55(72)64(5)6/h17-23,25,28-29,31,34,41,44,46,51,66-67H,7-16,24,26-27,30,32-33H2,1-6H3,(H,58,69)(H,59,71)(H,61,70)(H,62,68)/t41-,44-,46+,51-/m1/s1. The Hall–Kier alpha value is -6.92. The van der Waals surface area contributed by atoms with Gasteiger partial charge in [-0.2, -0.15) is 0 Å². The third-order valence-electron chi connectivity index (χ3n) is 14.0. The molecule has 0 spiro atoms. The monoisotopic (exact) mass is 1040 g/mol. The predicted molar refractivity (Wildman–Crippen MR) is 287 cm³/mol. The molecule has 0 bridgehead atoms. The zero-order valence-electron chi connectivity index (χ0n) is 44.0. The Morgan fingerprint density at radius 1 is 0.853 bits per heavy atom. The van der Waals surface area contributed by atoms with Crippen LogP contribution >= 0.6 is 11.3 Å². The first-order chi connectivity index (χ1) is 35.9. The zero-order chi connectivity index (χ0) is 53.8. The summed E-state index contributed by atoms with van der Waals surface area (Å²) in [6.07, 6.45) is 9.72. The van der Waals surface area contributed by atoms with Crippen molar-refractivity contribution in [1.82, 2.24) is 41.2 Å². The highest BCUT2D eigenvalue weighted by atomic mass is 32.1. The number of carbonyl (C=O) groups is 6. The molecule has 75 heavy (non-hydrogen) atoms. The van der Waals surface area contributed by atoms with Crippen LogP contribution in [0.25, 0.3) is 21.8 Å². The van der Waals surface area contributed by atoms with Crippen molar-refractivity contribution >= 4 is 46.8 Å². The highest BCUT2D eigenvalue weighted by Crippen LogP contribution is 2.34. The summed E-state index contributed by atoms with van der Waals surface area (Å²) < 4.78 is 5.41. The Labute approximate surface area is 443 Å². The van der Waals surface area contributed by atoms with Crippen molar-refractivity contribution in [3.05, 3.63) is 111 Å². The number of hydrogen-bond donors (Lipinski definition) is 6. The van der Waals surface area contributed by atoms with E-state index in [9.17, 15) is 39.0 Å². The minimum atomic E-state index is -0.864. The number of aromatic nitrogens is 2. The van der Waals surface area contributed by atoms with E-state index in [1.54, 1.807) is 31.5 Å². The number of hydrogen-bond acceptors (Lipinski definition) is 12. The lowest BCUT2D eigenvalue weighted by Gasteiger charge is -2.35. The first-order valence-electron chi connectivity index (χ1n) is 26.2. The lowest BCUT2D eigenvalue weighted by molar-refractivity contribution is -0.144.